The number of benzene rings is 3. The van der Waals surface area contributed by atoms with Gasteiger partial charge in [0.2, 0.25) is 0 Å². The summed E-state index contributed by atoms with van der Waals surface area (Å²) in [6, 6.07) is 16.3. The van der Waals surface area contributed by atoms with Gasteiger partial charge >= 0.3 is 12.1 Å². The summed E-state index contributed by atoms with van der Waals surface area (Å²) >= 11 is 0. The number of para-hydroxylation sites is 1. The van der Waals surface area contributed by atoms with Crippen LogP contribution in [-0.2, 0) is 22.8 Å². The molecule has 234 valence electrons. The number of amides is 1. The van der Waals surface area contributed by atoms with E-state index in [9.17, 15) is 36.3 Å². The number of rotatable bonds is 5. The Hall–Kier alpha value is -4.80. The molecule has 1 amide bonds. The quantitative estimate of drug-likeness (QED) is 0.190. The van der Waals surface area contributed by atoms with Crippen molar-refractivity contribution < 1.29 is 36.3 Å². The van der Waals surface area contributed by atoms with E-state index < -0.39 is 52.9 Å². The van der Waals surface area contributed by atoms with Crippen molar-refractivity contribution in [3.63, 3.8) is 0 Å². The number of hydrogen-bond acceptors (Lipinski definition) is 4. The number of ether oxygens (including phenoxy) is 1. The third kappa shape index (κ3) is 8.18. The predicted octanol–water partition coefficient (Wildman–Crippen LogP) is 7.21. The Morgan fingerprint density at radius 3 is 2.07 bits per heavy atom. The largest absolute Gasteiger partial charge is 0.468 e. The van der Waals surface area contributed by atoms with E-state index in [0.29, 0.717) is 5.56 Å². The van der Waals surface area contributed by atoms with Gasteiger partial charge in [-0.25, -0.2) is 8.78 Å². The Morgan fingerprint density at radius 1 is 0.932 bits per heavy atom. The van der Waals surface area contributed by atoms with Gasteiger partial charge < -0.3 is 14.6 Å². The molecule has 6 nitrogen and oxygen atoms in total. The van der Waals surface area contributed by atoms with Gasteiger partial charge in [0.25, 0.3) is 11.5 Å². The monoisotopic (exact) mass is 616 g/mol. The first-order valence-electron chi connectivity index (χ1n) is 13.5. The van der Waals surface area contributed by atoms with Crippen molar-refractivity contribution in [2.24, 2.45) is 7.05 Å². The first-order chi connectivity index (χ1) is 20.8. The predicted molar refractivity (Wildman–Crippen MR) is 160 cm³/mol. The molecule has 3 aromatic carbocycles. The highest BCUT2D eigenvalue weighted by Crippen LogP contribution is 2.39. The van der Waals surface area contributed by atoms with Gasteiger partial charge in [0, 0.05) is 12.4 Å². The third-order valence-corrected chi connectivity index (χ3v) is 6.28. The normalized spacial score (nSPS) is 11.1. The van der Waals surface area contributed by atoms with Gasteiger partial charge in [0.15, 0.2) is 0 Å². The molecule has 0 unspecified atom stereocenters. The maximum absolute atomic E-state index is 14.0. The van der Waals surface area contributed by atoms with Crippen molar-refractivity contribution in [1.29, 1.82) is 0 Å². The first-order valence-corrected chi connectivity index (χ1v) is 13.5. The van der Waals surface area contributed by atoms with Crippen molar-refractivity contribution in [3.05, 3.63) is 123 Å². The fraction of sp³-hybridized carbons (Fsp3) is 0.242. The number of methoxy groups -OCH3 is 1. The molecule has 0 saturated carbocycles. The molecular formula is C33H33F5N2O4. The van der Waals surface area contributed by atoms with Gasteiger partial charge in [-0.1, -0.05) is 74.0 Å². The average Bonchev–Trinajstić information content (AvgIpc) is 2.99. The maximum Gasteiger partial charge on any atom is 0.417 e. The van der Waals surface area contributed by atoms with E-state index in [0.717, 1.165) is 30.9 Å². The number of pyridine rings is 1. The molecule has 4 aromatic rings. The summed E-state index contributed by atoms with van der Waals surface area (Å²) in [7, 11) is 2.63. The lowest BCUT2D eigenvalue weighted by Gasteiger charge is -2.20. The van der Waals surface area contributed by atoms with Gasteiger partial charge in [-0.3, -0.25) is 14.4 Å². The smallest absolute Gasteiger partial charge is 0.417 e. The van der Waals surface area contributed by atoms with Crippen LogP contribution in [0.3, 0.4) is 0 Å². The summed E-state index contributed by atoms with van der Waals surface area (Å²) < 4.78 is 73.7. The Labute approximate surface area is 251 Å². The van der Waals surface area contributed by atoms with Gasteiger partial charge in [0.05, 0.1) is 23.8 Å². The van der Waals surface area contributed by atoms with Gasteiger partial charge in [-0.05, 0) is 43.2 Å². The molecule has 0 fully saturated rings. The number of carbonyl (C=O) groups is 2. The number of aromatic nitrogens is 1. The average molecular weight is 617 g/mol. The molecular weight excluding hydrogens is 583 g/mol. The zero-order valence-corrected chi connectivity index (χ0v) is 25.1. The van der Waals surface area contributed by atoms with Crippen LogP contribution in [0.25, 0.3) is 16.5 Å². The van der Waals surface area contributed by atoms with Crippen LogP contribution in [0.2, 0.25) is 0 Å². The summed E-state index contributed by atoms with van der Waals surface area (Å²) in [6.45, 7) is 7.06. The highest BCUT2D eigenvalue weighted by molar-refractivity contribution is 5.96. The zero-order chi connectivity index (χ0) is 33.2. The highest BCUT2D eigenvalue weighted by atomic mass is 19.4. The van der Waals surface area contributed by atoms with Crippen LogP contribution in [0.5, 0.6) is 0 Å². The van der Waals surface area contributed by atoms with Crippen LogP contribution in [-0.4, -0.2) is 30.1 Å². The number of nitrogens with zero attached hydrogens (tertiary/aromatic N) is 1. The summed E-state index contributed by atoms with van der Waals surface area (Å²) in [4.78, 5) is 34.9. The van der Waals surface area contributed by atoms with Crippen LogP contribution >= 0.6 is 0 Å². The van der Waals surface area contributed by atoms with Crippen molar-refractivity contribution >= 4 is 28.4 Å². The minimum atomic E-state index is -4.65. The van der Waals surface area contributed by atoms with Gasteiger partial charge in [-0.15, -0.1) is 0 Å². The zero-order valence-electron chi connectivity index (χ0n) is 25.1. The number of aryl methyl sites for hydroxylation is 2. The summed E-state index contributed by atoms with van der Waals surface area (Å²) in [5, 5.41) is 2.06. The minimum absolute atomic E-state index is 0.0177. The molecule has 0 spiro atoms. The molecule has 1 N–H and O–H groups in total. The minimum Gasteiger partial charge on any atom is -0.468 e. The molecule has 0 saturated heterocycles. The van der Waals surface area contributed by atoms with E-state index in [4.69, 9.17) is 0 Å². The third-order valence-electron chi connectivity index (χ3n) is 6.28. The summed E-state index contributed by atoms with van der Waals surface area (Å²) in [6.07, 6.45) is -3.09. The van der Waals surface area contributed by atoms with Crippen molar-refractivity contribution in [3.8, 4) is 0 Å². The number of carbonyl (C=O) groups excluding carboxylic acids is 2. The number of fused-ring (bicyclic) bond motifs is 1. The van der Waals surface area contributed by atoms with Crippen molar-refractivity contribution in [2.45, 2.75) is 33.9 Å². The molecule has 0 bridgehead atoms. The van der Waals surface area contributed by atoms with Crippen LogP contribution in [0, 0.1) is 18.6 Å². The van der Waals surface area contributed by atoms with E-state index in [1.165, 1.54) is 23.7 Å². The second-order valence-electron chi connectivity index (χ2n) is 9.06. The number of esters is 1. The molecule has 1 aromatic heterocycles. The van der Waals surface area contributed by atoms with Crippen molar-refractivity contribution in [2.75, 3.05) is 13.7 Å². The van der Waals surface area contributed by atoms with E-state index in [1.54, 1.807) is 43.3 Å². The molecule has 0 aliphatic heterocycles. The fourth-order valence-electron chi connectivity index (χ4n) is 4.34. The molecule has 4 rings (SSSR count). The van der Waals surface area contributed by atoms with Gasteiger partial charge in [0.1, 0.15) is 23.7 Å². The van der Waals surface area contributed by atoms with E-state index >= 15 is 0 Å². The lowest BCUT2D eigenvalue weighted by Crippen LogP contribution is -2.31. The molecule has 0 aliphatic carbocycles. The van der Waals surface area contributed by atoms with Crippen LogP contribution in [0.15, 0.2) is 77.6 Å². The topological polar surface area (TPSA) is 77.4 Å². The number of allylic oxidation sites excluding steroid dienone is 1. The van der Waals surface area contributed by atoms with Crippen LogP contribution in [0.4, 0.5) is 22.0 Å². The highest BCUT2D eigenvalue weighted by Gasteiger charge is 2.38. The Morgan fingerprint density at radius 2 is 1.52 bits per heavy atom. The molecule has 44 heavy (non-hydrogen) atoms. The fourth-order valence-corrected chi connectivity index (χ4v) is 4.34. The van der Waals surface area contributed by atoms with E-state index in [1.807, 2.05) is 32.2 Å². The lowest BCUT2D eigenvalue weighted by molar-refractivity contribution is -0.139. The maximum atomic E-state index is 14.0. The van der Waals surface area contributed by atoms with E-state index in [-0.39, 0.29) is 22.0 Å². The summed E-state index contributed by atoms with van der Waals surface area (Å²) in [5.41, 5.74) is -0.534. The van der Waals surface area contributed by atoms with Crippen molar-refractivity contribution in [1.82, 2.24) is 9.88 Å². The standard InChI is InChI=1S/C21H18F3NO.C10H9F2NO3.C2H6/c1-4-15(14-9-7-8-13(2)12-14)18-19(21(22,23)24)16-10-5-6-11-17(16)25(3)20(18)26;1-16-8(14)5-13-10(15)9-6(11)3-2-4-7(9)12;1-2/h4-12H,1-3H3;2-4H,5H2,1H3,(H,13,15);1-2H3/b15-4-;;. The first kappa shape index (κ1) is 35.4. The number of hydrogen-bond donors (Lipinski definition) is 1. The molecule has 1 heterocycles. The Kier molecular flexibility index (Phi) is 12.6. The molecule has 0 radical (unpaired) electrons. The lowest BCUT2D eigenvalue weighted by atomic mass is 9.91. The molecule has 11 heteroatoms. The van der Waals surface area contributed by atoms with Gasteiger partial charge in [-0.2, -0.15) is 13.2 Å². The van der Waals surface area contributed by atoms with Crippen LogP contribution < -0.4 is 10.9 Å². The second kappa shape index (κ2) is 15.6. The number of nitrogens with one attached hydrogen (secondary N) is 1. The molecule has 0 aliphatic rings. The Balaban J connectivity index is 0.000000323. The number of halogens is 5. The SMILES string of the molecule is C/C=C(/c1cccc(C)c1)c1c(C(F)(F)F)c2ccccc2n(C)c1=O.CC.COC(=O)CNC(=O)c1c(F)cccc1F. The Bertz CT molecular complexity index is 1710. The molecule has 0 atom stereocenters. The number of alkyl halides is 3. The second-order valence-corrected chi connectivity index (χ2v) is 9.06. The van der Waals surface area contributed by atoms with E-state index in [2.05, 4.69) is 4.74 Å². The summed E-state index contributed by atoms with van der Waals surface area (Å²) in [5.74, 6) is -3.67. The van der Waals surface area contributed by atoms with Crippen LogP contribution in [0.1, 0.15) is 53.4 Å².